The van der Waals surface area contributed by atoms with E-state index in [9.17, 15) is 5.11 Å². The first-order valence-corrected chi connectivity index (χ1v) is 6.01. The Morgan fingerprint density at radius 3 is 2.12 bits per heavy atom. The first-order chi connectivity index (χ1) is 7.76. The summed E-state index contributed by atoms with van der Waals surface area (Å²) in [6.07, 6.45) is 2.08. The molecule has 2 heteroatoms. The molecule has 0 aromatic heterocycles. The summed E-state index contributed by atoms with van der Waals surface area (Å²) in [6.45, 7) is 4.57. The van der Waals surface area contributed by atoms with Gasteiger partial charge in [-0.15, -0.1) is 0 Å². The Labute approximate surface area is 98.3 Å². The number of ether oxygens (including phenoxy) is 1. The topological polar surface area (TPSA) is 29.5 Å². The van der Waals surface area contributed by atoms with Crippen LogP contribution in [0.1, 0.15) is 38.2 Å². The molecule has 0 fully saturated rings. The normalized spacial score (nSPS) is 14.5. The van der Waals surface area contributed by atoms with Gasteiger partial charge in [0.25, 0.3) is 0 Å². The first kappa shape index (κ1) is 13.0. The van der Waals surface area contributed by atoms with Crippen molar-refractivity contribution in [2.45, 2.75) is 32.6 Å². The van der Waals surface area contributed by atoms with Crippen LogP contribution in [0.4, 0.5) is 0 Å². The van der Waals surface area contributed by atoms with Gasteiger partial charge < -0.3 is 9.84 Å². The summed E-state index contributed by atoms with van der Waals surface area (Å²) in [4.78, 5) is 0. The Kier molecular flexibility index (Phi) is 5.33. The van der Waals surface area contributed by atoms with Crippen molar-refractivity contribution >= 4 is 0 Å². The average Bonchev–Trinajstić information content (AvgIpc) is 2.36. The monoisotopic (exact) mass is 222 g/mol. The van der Waals surface area contributed by atoms with Crippen LogP contribution in [0.2, 0.25) is 0 Å². The Bertz CT molecular complexity index is 288. The van der Waals surface area contributed by atoms with Gasteiger partial charge in [0.05, 0.1) is 7.11 Å². The molecule has 1 N–H and O–H groups in total. The maximum absolute atomic E-state index is 9.36. The predicted octanol–water partition coefficient (Wildman–Crippen LogP) is 3.21. The van der Waals surface area contributed by atoms with Crippen LogP contribution in [-0.2, 0) is 0 Å². The van der Waals surface area contributed by atoms with Gasteiger partial charge in [-0.05, 0) is 36.0 Å². The number of benzene rings is 1. The lowest BCUT2D eigenvalue weighted by atomic mass is 9.83. The molecule has 1 rings (SSSR count). The van der Waals surface area contributed by atoms with Crippen molar-refractivity contribution < 1.29 is 9.84 Å². The molecule has 1 aromatic carbocycles. The van der Waals surface area contributed by atoms with Crippen LogP contribution >= 0.6 is 0 Å². The summed E-state index contributed by atoms with van der Waals surface area (Å²) in [7, 11) is 1.68. The van der Waals surface area contributed by atoms with E-state index in [2.05, 4.69) is 26.0 Å². The Hall–Kier alpha value is -1.02. The minimum Gasteiger partial charge on any atom is -0.497 e. The molecule has 0 aliphatic carbocycles. The Balaban J connectivity index is 2.85. The molecule has 0 saturated carbocycles. The van der Waals surface area contributed by atoms with Crippen molar-refractivity contribution in [3.05, 3.63) is 29.8 Å². The first-order valence-electron chi connectivity index (χ1n) is 6.01. The van der Waals surface area contributed by atoms with Gasteiger partial charge in [0.1, 0.15) is 5.75 Å². The summed E-state index contributed by atoms with van der Waals surface area (Å²) in [5, 5.41) is 9.36. The largest absolute Gasteiger partial charge is 0.497 e. The number of aliphatic hydroxyl groups excluding tert-OH is 1. The summed E-state index contributed by atoms with van der Waals surface area (Å²) >= 11 is 0. The standard InChI is InChI=1S/C14H22O2/c1-4-11(10-15)14(5-2)12-6-8-13(16-3)9-7-12/h6-9,11,14-15H,4-5,10H2,1-3H3. The van der Waals surface area contributed by atoms with Crippen LogP contribution in [0.5, 0.6) is 5.75 Å². The SMILES string of the molecule is CCC(CO)C(CC)c1ccc(OC)cc1. The summed E-state index contributed by atoms with van der Waals surface area (Å²) in [5.41, 5.74) is 1.30. The molecule has 0 amide bonds. The fraction of sp³-hybridized carbons (Fsp3) is 0.571. The Morgan fingerprint density at radius 1 is 1.12 bits per heavy atom. The molecule has 2 unspecified atom stereocenters. The van der Waals surface area contributed by atoms with E-state index in [0.29, 0.717) is 11.8 Å². The third-order valence-corrected chi connectivity index (χ3v) is 3.31. The third kappa shape index (κ3) is 2.99. The molecular formula is C14H22O2. The van der Waals surface area contributed by atoms with Crippen molar-refractivity contribution in [1.29, 1.82) is 0 Å². The van der Waals surface area contributed by atoms with Crippen molar-refractivity contribution in [3.8, 4) is 5.75 Å². The van der Waals surface area contributed by atoms with E-state index in [4.69, 9.17) is 4.74 Å². The lowest BCUT2D eigenvalue weighted by molar-refractivity contribution is 0.197. The van der Waals surface area contributed by atoms with E-state index < -0.39 is 0 Å². The zero-order chi connectivity index (χ0) is 12.0. The quantitative estimate of drug-likeness (QED) is 0.801. The van der Waals surface area contributed by atoms with Gasteiger partial charge >= 0.3 is 0 Å². The van der Waals surface area contributed by atoms with Crippen LogP contribution < -0.4 is 4.74 Å². The smallest absolute Gasteiger partial charge is 0.118 e. The molecule has 0 heterocycles. The molecule has 0 saturated heterocycles. The van der Waals surface area contributed by atoms with Gasteiger partial charge in [0.2, 0.25) is 0 Å². The lowest BCUT2D eigenvalue weighted by Gasteiger charge is -2.23. The second-order valence-corrected chi connectivity index (χ2v) is 4.14. The van der Waals surface area contributed by atoms with Gasteiger partial charge in [0.15, 0.2) is 0 Å². The number of hydrogen-bond acceptors (Lipinski definition) is 2. The van der Waals surface area contributed by atoms with E-state index in [1.54, 1.807) is 7.11 Å². The maximum atomic E-state index is 9.36. The maximum Gasteiger partial charge on any atom is 0.118 e. The van der Waals surface area contributed by atoms with Crippen molar-refractivity contribution in [2.24, 2.45) is 5.92 Å². The molecule has 0 spiro atoms. The summed E-state index contributed by atoms with van der Waals surface area (Å²) in [6, 6.07) is 8.18. The molecule has 0 aliphatic rings. The van der Waals surface area contributed by atoms with Gasteiger partial charge in [-0.2, -0.15) is 0 Å². The Morgan fingerprint density at radius 2 is 1.75 bits per heavy atom. The zero-order valence-corrected chi connectivity index (χ0v) is 10.4. The van der Waals surface area contributed by atoms with E-state index >= 15 is 0 Å². The zero-order valence-electron chi connectivity index (χ0n) is 10.4. The van der Waals surface area contributed by atoms with Crippen LogP contribution in [0, 0.1) is 5.92 Å². The molecule has 0 radical (unpaired) electrons. The second kappa shape index (κ2) is 6.54. The van der Waals surface area contributed by atoms with E-state index in [-0.39, 0.29) is 6.61 Å². The molecule has 16 heavy (non-hydrogen) atoms. The predicted molar refractivity (Wildman–Crippen MR) is 66.9 cm³/mol. The fourth-order valence-corrected chi connectivity index (χ4v) is 2.23. The van der Waals surface area contributed by atoms with Crippen LogP contribution in [-0.4, -0.2) is 18.8 Å². The van der Waals surface area contributed by atoms with E-state index in [1.165, 1.54) is 5.56 Å². The summed E-state index contributed by atoms with van der Waals surface area (Å²) < 4.78 is 5.15. The number of aliphatic hydroxyl groups is 1. The molecular weight excluding hydrogens is 200 g/mol. The number of methoxy groups -OCH3 is 1. The molecule has 2 nitrogen and oxygen atoms in total. The summed E-state index contributed by atoms with van der Waals surface area (Å²) in [5.74, 6) is 1.69. The van der Waals surface area contributed by atoms with Crippen LogP contribution in [0.3, 0.4) is 0 Å². The highest BCUT2D eigenvalue weighted by atomic mass is 16.5. The minimum absolute atomic E-state index is 0.265. The van der Waals surface area contributed by atoms with Gasteiger partial charge in [0, 0.05) is 6.61 Å². The van der Waals surface area contributed by atoms with Crippen LogP contribution in [0.25, 0.3) is 0 Å². The minimum atomic E-state index is 0.265. The van der Waals surface area contributed by atoms with Gasteiger partial charge in [-0.25, -0.2) is 0 Å². The number of rotatable bonds is 6. The molecule has 0 bridgehead atoms. The van der Waals surface area contributed by atoms with E-state index in [0.717, 1.165) is 18.6 Å². The van der Waals surface area contributed by atoms with Crippen LogP contribution in [0.15, 0.2) is 24.3 Å². The van der Waals surface area contributed by atoms with Crippen molar-refractivity contribution in [1.82, 2.24) is 0 Å². The lowest BCUT2D eigenvalue weighted by Crippen LogP contribution is -2.15. The highest BCUT2D eigenvalue weighted by Crippen LogP contribution is 2.30. The molecule has 2 atom stereocenters. The van der Waals surface area contributed by atoms with Crippen molar-refractivity contribution in [3.63, 3.8) is 0 Å². The van der Waals surface area contributed by atoms with Crippen molar-refractivity contribution in [2.75, 3.05) is 13.7 Å². The average molecular weight is 222 g/mol. The van der Waals surface area contributed by atoms with E-state index in [1.807, 2.05) is 12.1 Å². The highest BCUT2D eigenvalue weighted by Gasteiger charge is 2.19. The third-order valence-electron chi connectivity index (χ3n) is 3.31. The molecule has 90 valence electrons. The molecule has 0 aliphatic heterocycles. The fourth-order valence-electron chi connectivity index (χ4n) is 2.23. The van der Waals surface area contributed by atoms with Gasteiger partial charge in [-0.3, -0.25) is 0 Å². The second-order valence-electron chi connectivity index (χ2n) is 4.14. The molecule has 1 aromatic rings. The highest BCUT2D eigenvalue weighted by molar-refractivity contribution is 5.29. The van der Waals surface area contributed by atoms with Gasteiger partial charge in [-0.1, -0.05) is 32.4 Å². The number of hydrogen-bond donors (Lipinski definition) is 1.